The van der Waals surface area contributed by atoms with Gasteiger partial charge in [-0.05, 0) is 22.4 Å². The van der Waals surface area contributed by atoms with Crippen LogP contribution < -0.4 is 4.74 Å². The molecule has 0 N–H and O–H groups in total. The number of amides is 1. The zero-order valence-electron chi connectivity index (χ0n) is 9.15. The molecule has 5 nitrogen and oxygen atoms in total. The van der Waals surface area contributed by atoms with Gasteiger partial charge < -0.3 is 9.64 Å². The third-order valence-electron chi connectivity index (χ3n) is 2.61. The van der Waals surface area contributed by atoms with Crippen LogP contribution in [0.3, 0.4) is 0 Å². The predicted octanol–water partition coefficient (Wildman–Crippen LogP) is 1.82. The molecule has 0 unspecified atom stereocenters. The minimum atomic E-state index is 0. The molecule has 2 heterocycles. The minimum Gasteiger partial charge on any atom is -0.475 e. The van der Waals surface area contributed by atoms with Crippen molar-refractivity contribution in [2.24, 2.45) is 7.05 Å². The number of carbonyl (C=O) groups excluding carboxylic acids is 1. The van der Waals surface area contributed by atoms with Gasteiger partial charge in [-0.15, -0.1) is 0 Å². The summed E-state index contributed by atoms with van der Waals surface area (Å²) >= 11 is 3.35. The van der Waals surface area contributed by atoms with Crippen molar-refractivity contribution >= 4 is 21.8 Å². The molecule has 1 amide bonds. The number of hydrogen-bond donors (Lipinski definition) is 0. The first-order valence-electron chi connectivity index (χ1n) is 5.26. The average molecular weight is 304 g/mol. The lowest BCUT2D eigenvalue weighted by Gasteiger charge is -2.15. The van der Waals surface area contributed by atoms with E-state index in [0.717, 1.165) is 17.4 Å². The van der Waals surface area contributed by atoms with E-state index in [0.29, 0.717) is 25.5 Å². The highest BCUT2D eigenvalue weighted by Crippen LogP contribution is 2.23. The first-order chi connectivity index (χ1) is 7.68. The smallest absolute Gasteiger partial charge is 0.226 e. The minimum absolute atomic E-state index is 0. The van der Waals surface area contributed by atoms with E-state index in [9.17, 15) is 4.79 Å². The largest absolute Gasteiger partial charge is 0.475 e. The maximum absolute atomic E-state index is 11.3. The monoisotopic (exact) mass is 303 g/mol. The van der Waals surface area contributed by atoms with E-state index in [1.165, 1.54) is 0 Å². The fourth-order valence-corrected chi connectivity index (χ4v) is 2.22. The normalized spacial score (nSPS) is 14.9. The number of hydrogen-bond acceptors (Lipinski definition) is 3. The molecule has 6 heteroatoms. The summed E-state index contributed by atoms with van der Waals surface area (Å²) in [5.41, 5.74) is 0. The number of likely N-dealkylation sites (tertiary alicyclic amines) is 1. The van der Waals surface area contributed by atoms with Crippen LogP contribution in [-0.4, -0.2) is 40.3 Å². The molecule has 0 saturated carbocycles. The number of nitrogens with zero attached hydrogens (tertiary/aromatic N) is 3. The summed E-state index contributed by atoms with van der Waals surface area (Å²) in [5, 5.41) is 4.05. The van der Waals surface area contributed by atoms with Gasteiger partial charge in [0.15, 0.2) is 0 Å². The van der Waals surface area contributed by atoms with Gasteiger partial charge in [0.25, 0.3) is 0 Å². The van der Waals surface area contributed by atoms with Gasteiger partial charge in [-0.25, -0.2) is 4.68 Å². The highest BCUT2D eigenvalue weighted by molar-refractivity contribution is 9.10. The van der Waals surface area contributed by atoms with Crippen LogP contribution in [0.25, 0.3) is 0 Å². The van der Waals surface area contributed by atoms with Crippen LogP contribution in [0.4, 0.5) is 0 Å². The van der Waals surface area contributed by atoms with Crippen molar-refractivity contribution in [1.29, 1.82) is 0 Å². The molecule has 0 radical (unpaired) electrons. The molecule has 1 aliphatic heterocycles. The number of halogens is 1. The van der Waals surface area contributed by atoms with Gasteiger partial charge in [0.1, 0.15) is 6.61 Å². The van der Waals surface area contributed by atoms with Crippen molar-refractivity contribution < 1.29 is 9.53 Å². The molecule has 1 saturated heterocycles. The third kappa shape index (κ3) is 3.21. The van der Waals surface area contributed by atoms with Gasteiger partial charge in [0.05, 0.1) is 17.2 Å². The molecular formula is C11H18BrN3O2. The molecule has 0 atom stereocenters. The topological polar surface area (TPSA) is 47.4 Å². The molecule has 0 aliphatic carbocycles. The Morgan fingerprint density at radius 2 is 2.35 bits per heavy atom. The van der Waals surface area contributed by atoms with Gasteiger partial charge in [-0.2, -0.15) is 5.10 Å². The van der Waals surface area contributed by atoms with Gasteiger partial charge in [0.2, 0.25) is 11.8 Å². The van der Waals surface area contributed by atoms with E-state index in [1.807, 2.05) is 11.9 Å². The number of aromatic nitrogens is 2. The fraction of sp³-hybridized carbons (Fsp3) is 0.636. The summed E-state index contributed by atoms with van der Waals surface area (Å²) in [6, 6.07) is 0. The van der Waals surface area contributed by atoms with Crippen LogP contribution >= 0.6 is 15.9 Å². The van der Waals surface area contributed by atoms with Gasteiger partial charge in [-0.1, -0.05) is 7.43 Å². The molecule has 1 aromatic rings. The number of rotatable bonds is 4. The molecule has 0 aromatic carbocycles. The van der Waals surface area contributed by atoms with Crippen molar-refractivity contribution in [3.05, 3.63) is 10.7 Å². The summed E-state index contributed by atoms with van der Waals surface area (Å²) in [5.74, 6) is 0.930. The van der Waals surface area contributed by atoms with E-state index >= 15 is 0 Å². The van der Waals surface area contributed by atoms with Crippen LogP contribution in [-0.2, 0) is 11.8 Å². The molecule has 0 spiro atoms. The molecule has 17 heavy (non-hydrogen) atoms. The zero-order valence-corrected chi connectivity index (χ0v) is 10.7. The van der Waals surface area contributed by atoms with Crippen LogP contribution in [0.5, 0.6) is 5.88 Å². The average Bonchev–Trinajstić information content (AvgIpc) is 2.79. The van der Waals surface area contributed by atoms with Crippen LogP contribution in [0.1, 0.15) is 20.3 Å². The molecule has 1 aromatic heterocycles. The van der Waals surface area contributed by atoms with Crippen LogP contribution in [0.2, 0.25) is 0 Å². The van der Waals surface area contributed by atoms with Gasteiger partial charge >= 0.3 is 0 Å². The van der Waals surface area contributed by atoms with Crippen molar-refractivity contribution in [3.63, 3.8) is 0 Å². The Kier molecular flexibility index (Phi) is 4.99. The van der Waals surface area contributed by atoms with E-state index in [4.69, 9.17) is 4.74 Å². The van der Waals surface area contributed by atoms with Gasteiger partial charge in [-0.3, -0.25) is 4.79 Å². The maximum atomic E-state index is 11.3. The molecular weight excluding hydrogens is 286 g/mol. The second-order valence-electron chi connectivity index (χ2n) is 3.75. The Hall–Kier alpha value is -1.04. The quantitative estimate of drug-likeness (QED) is 0.852. The molecule has 0 bridgehead atoms. The fourth-order valence-electron chi connectivity index (χ4n) is 1.75. The summed E-state index contributed by atoms with van der Waals surface area (Å²) < 4.78 is 8.08. The summed E-state index contributed by atoms with van der Waals surface area (Å²) in [6.07, 6.45) is 3.33. The standard InChI is InChI=1S/C10H14BrN3O2.CH4/c1-13-10(8(11)7-12-13)16-6-5-14-4-2-3-9(14)15;/h7H,2-6H2,1H3;1H4. The van der Waals surface area contributed by atoms with E-state index < -0.39 is 0 Å². The number of ether oxygens (including phenoxy) is 1. The first kappa shape index (κ1) is 14.0. The van der Waals surface area contributed by atoms with Crippen molar-refractivity contribution in [1.82, 2.24) is 14.7 Å². The predicted molar refractivity (Wildman–Crippen MR) is 68.9 cm³/mol. The second-order valence-corrected chi connectivity index (χ2v) is 4.61. The first-order valence-corrected chi connectivity index (χ1v) is 6.06. The molecule has 2 rings (SSSR count). The van der Waals surface area contributed by atoms with Crippen LogP contribution in [0, 0.1) is 0 Å². The number of aryl methyl sites for hydroxylation is 1. The van der Waals surface area contributed by atoms with Crippen molar-refractivity contribution in [2.75, 3.05) is 19.7 Å². The lowest BCUT2D eigenvalue weighted by molar-refractivity contribution is -0.128. The Morgan fingerprint density at radius 1 is 1.59 bits per heavy atom. The SMILES string of the molecule is C.Cn1ncc(Br)c1OCCN1CCCC1=O. The lowest BCUT2D eigenvalue weighted by Crippen LogP contribution is -2.29. The zero-order chi connectivity index (χ0) is 11.5. The summed E-state index contributed by atoms with van der Waals surface area (Å²) in [6.45, 7) is 2.01. The van der Waals surface area contributed by atoms with E-state index in [-0.39, 0.29) is 13.3 Å². The highest BCUT2D eigenvalue weighted by Gasteiger charge is 2.19. The summed E-state index contributed by atoms with van der Waals surface area (Å²) in [4.78, 5) is 13.2. The van der Waals surface area contributed by atoms with E-state index in [2.05, 4.69) is 21.0 Å². The second kappa shape index (κ2) is 6.05. The van der Waals surface area contributed by atoms with Crippen LogP contribution in [0.15, 0.2) is 10.7 Å². The third-order valence-corrected chi connectivity index (χ3v) is 3.16. The summed E-state index contributed by atoms with van der Waals surface area (Å²) in [7, 11) is 1.82. The molecule has 1 fully saturated rings. The highest BCUT2D eigenvalue weighted by atomic mass is 79.9. The Morgan fingerprint density at radius 3 is 2.88 bits per heavy atom. The number of carbonyl (C=O) groups is 1. The van der Waals surface area contributed by atoms with Gasteiger partial charge in [0, 0.05) is 20.0 Å². The van der Waals surface area contributed by atoms with Crippen molar-refractivity contribution in [2.45, 2.75) is 20.3 Å². The lowest BCUT2D eigenvalue weighted by atomic mass is 10.4. The van der Waals surface area contributed by atoms with Crippen molar-refractivity contribution in [3.8, 4) is 5.88 Å². The Balaban J connectivity index is 0.00000144. The molecule has 96 valence electrons. The Bertz CT molecular complexity index is 373. The maximum Gasteiger partial charge on any atom is 0.226 e. The Labute approximate surface area is 110 Å². The van der Waals surface area contributed by atoms with E-state index in [1.54, 1.807) is 10.9 Å². The molecule has 1 aliphatic rings.